The minimum absolute atomic E-state index is 0.394. The molecule has 0 amide bonds. The molecule has 0 aromatic heterocycles. The van der Waals surface area contributed by atoms with Crippen LogP contribution in [0.2, 0.25) is 5.02 Å². The average Bonchev–Trinajstić information content (AvgIpc) is 2.54. The summed E-state index contributed by atoms with van der Waals surface area (Å²) in [5.74, 6) is -0.402. The Hall–Kier alpha value is -2.04. The van der Waals surface area contributed by atoms with E-state index >= 15 is 0 Å². The number of nitrogens with zero attached hydrogens (tertiary/aromatic N) is 1. The smallest absolute Gasteiger partial charge is 0.307 e. The highest BCUT2D eigenvalue weighted by atomic mass is 35.5. The number of hydrogen-bond acceptors (Lipinski definition) is 3. The molecule has 1 unspecified atom stereocenters. The van der Waals surface area contributed by atoms with Crippen LogP contribution >= 0.6 is 11.6 Å². The molecule has 2 aromatic rings. The minimum atomic E-state index is -0.779. The fourth-order valence-electron chi connectivity index (χ4n) is 2.43. The molecule has 1 atom stereocenters. The zero-order valence-electron chi connectivity index (χ0n) is 13.9. The lowest BCUT2D eigenvalue weighted by molar-refractivity contribution is -0.141. The first-order chi connectivity index (χ1) is 11.5. The number of aliphatic carboxylic acids is 1. The zero-order valence-corrected chi connectivity index (χ0v) is 14.7. The quantitative estimate of drug-likeness (QED) is 0.782. The molecule has 2 rings (SSSR count). The fourth-order valence-corrected chi connectivity index (χ4v) is 2.62. The number of carboxylic acid groups (broad SMARTS) is 1. The van der Waals surface area contributed by atoms with E-state index in [2.05, 4.69) is 0 Å². The number of carbonyl (C=O) groups is 1. The molecule has 0 radical (unpaired) electrons. The molecule has 0 spiro atoms. The Morgan fingerprint density at radius 2 is 2.00 bits per heavy atom. The van der Waals surface area contributed by atoms with Gasteiger partial charge >= 0.3 is 5.97 Å². The third-order valence-corrected chi connectivity index (χ3v) is 4.08. The van der Waals surface area contributed by atoms with Crippen molar-refractivity contribution in [2.45, 2.75) is 20.1 Å². The summed E-state index contributed by atoms with van der Waals surface area (Å²) in [7, 11) is 1.91. The molecule has 0 saturated carbocycles. The van der Waals surface area contributed by atoms with Crippen molar-refractivity contribution in [3.63, 3.8) is 0 Å². The molecule has 4 nitrogen and oxygen atoms in total. The van der Waals surface area contributed by atoms with Gasteiger partial charge in [0.2, 0.25) is 0 Å². The summed E-state index contributed by atoms with van der Waals surface area (Å²) in [5, 5.41) is 9.68. The van der Waals surface area contributed by atoms with Crippen LogP contribution in [0.5, 0.6) is 5.75 Å². The molecular formula is C19H22ClNO3. The van der Waals surface area contributed by atoms with Crippen LogP contribution < -0.4 is 4.74 Å². The van der Waals surface area contributed by atoms with Crippen LogP contribution in [0, 0.1) is 5.92 Å². The van der Waals surface area contributed by atoms with Crippen LogP contribution in [-0.2, 0) is 17.9 Å². The van der Waals surface area contributed by atoms with Crippen molar-refractivity contribution in [1.82, 2.24) is 4.90 Å². The van der Waals surface area contributed by atoms with E-state index in [9.17, 15) is 4.79 Å². The van der Waals surface area contributed by atoms with Crippen molar-refractivity contribution in [3.8, 4) is 5.75 Å². The highest BCUT2D eigenvalue weighted by Gasteiger charge is 2.13. The predicted octanol–water partition coefficient (Wildman–Crippen LogP) is 4.07. The van der Waals surface area contributed by atoms with Crippen molar-refractivity contribution < 1.29 is 14.6 Å². The van der Waals surface area contributed by atoms with Crippen LogP contribution in [0.4, 0.5) is 0 Å². The van der Waals surface area contributed by atoms with Crippen molar-refractivity contribution in [2.24, 2.45) is 5.92 Å². The van der Waals surface area contributed by atoms with E-state index in [0.29, 0.717) is 24.7 Å². The third-order valence-electron chi connectivity index (χ3n) is 3.71. The summed E-state index contributed by atoms with van der Waals surface area (Å²) in [6.45, 7) is 3.29. The summed E-state index contributed by atoms with van der Waals surface area (Å²) in [4.78, 5) is 12.9. The van der Waals surface area contributed by atoms with Crippen LogP contribution in [0.1, 0.15) is 18.1 Å². The molecule has 0 fully saturated rings. The van der Waals surface area contributed by atoms with Gasteiger partial charge in [-0.3, -0.25) is 4.79 Å². The Bertz CT molecular complexity index is 690. The van der Waals surface area contributed by atoms with E-state index in [1.165, 1.54) is 0 Å². The van der Waals surface area contributed by atoms with Gasteiger partial charge in [0.15, 0.2) is 0 Å². The maximum Gasteiger partial charge on any atom is 0.307 e. The number of halogens is 1. The molecule has 0 aliphatic carbocycles. The normalized spacial score (nSPS) is 12.2. The maximum atomic E-state index is 10.9. The monoisotopic (exact) mass is 347 g/mol. The van der Waals surface area contributed by atoms with E-state index < -0.39 is 11.9 Å². The molecule has 128 valence electrons. The Morgan fingerprint density at radius 1 is 1.25 bits per heavy atom. The SMILES string of the molecule is CC(CN(C)Cc1cccc(OCc2ccccc2Cl)c1)C(=O)O. The first kappa shape index (κ1) is 18.3. The molecule has 5 heteroatoms. The predicted molar refractivity (Wildman–Crippen MR) is 95.4 cm³/mol. The van der Waals surface area contributed by atoms with Gasteiger partial charge in [-0.05, 0) is 30.8 Å². The highest BCUT2D eigenvalue weighted by molar-refractivity contribution is 6.31. The first-order valence-corrected chi connectivity index (χ1v) is 8.20. The summed E-state index contributed by atoms with van der Waals surface area (Å²) in [6.07, 6.45) is 0. The van der Waals surface area contributed by atoms with Crippen LogP contribution in [-0.4, -0.2) is 29.6 Å². The second kappa shape index (κ2) is 8.71. The Morgan fingerprint density at radius 3 is 2.71 bits per heavy atom. The van der Waals surface area contributed by atoms with Crippen LogP contribution in [0.25, 0.3) is 0 Å². The van der Waals surface area contributed by atoms with Gasteiger partial charge in [-0.2, -0.15) is 0 Å². The van der Waals surface area contributed by atoms with Gasteiger partial charge in [-0.15, -0.1) is 0 Å². The highest BCUT2D eigenvalue weighted by Crippen LogP contribution is 2.20. The summed E-state index contributed by atoms with van der Waals surface area (Å²) >= 11 is 6.13. The van der Waals surface area contributed by atoms with Gasteiger partial charge < -0.3 is 14.7 Å². The lowest BCUT2D eigenvalue weighted by Crippen LogP contribution is -2.28. The summed E-state index contributed by atoms with van der Waals surface area (Å²) < 4.78 is 5.82. The molecule has 1 N–H and O–H groups in total. The fraction of sp³-hybridized carbons (Fsp3) is 0.316. The van der Waals surface area contributed by atoms with Crippen molar-refractivity contribution in [2.75, 3.05) is 13.6 Å². The largest absolute Gasteiger partial charge is 0.489 e. The first-order valence-electron chi connectivity index (χ1n) is 7.82. The van der Waals surface area contributed by atoms with Crippen molar-refractivity contribution in [1.29, 1.82) is 0 Å². The van der Waals surface area contributed by atoms with Crippen molar-refractivity contribution >= 4 is 17.6 Å². The lowest BCUT2D eigenvalue weighted by Gasteiger charge is -2.19. The lowest BCUT2D eigenvalue weighted by atomic mass is 10.1. The second-order valence-electron chi connectivity index (χ2n) is 5.96. The second-order valence-corrected chi connectivity index (χ2v) is 6.37. The third kappa shape index (κ3) is 5.55. The Labute approximate surface area is 147 Å². The summed E-state index contributed by atoms with van der Waals surface area (Å²) in [5.41, 5.74) is 2.02. The average molecular weight is 348 g/mol. The number of hydrogen-bond donors (Lipinski definition) is 1. The van der Waals surface area contributed by atoms with Gasteiger partial charge in [-0.25, -0.2) is 0 Å². The minimum Gasteiger partial charge on any atom is -0.489 e. The molecule has 24 heavy (non-hydrogen) atoms. The Balaban J connectivity index is 1.94. The molecule has 0 aliphatic heterocycles. The molecule has 0 aliphatic rings. The summed E-state index contributed by atoms with van der Waals surface area (Å²) in [6, 6.07) is 15.4. The van der Waals surface area contributed by atoms with Crippen LogP contribution in [0.3, 0.4) is 0 Å². The van der Waals surface area contributed by atoms with E-state index in [1.807, 2.05) is 60.5 Å². The number of ether oxygens (including phenoxy) is 1. The van der Waals surface area contributed by atoms with Gasteiger partial charge in [0.05, 0.1) is 5.92 Å². The van der Waals surface area contributed by atoms with Gasteiger partial charge in [0.25, 0.3) is 0 Å². The Kier molecular flexibility index (Phi) is 6.64. The molecule has 0 heterocycles. The molecule has 0 saturated heterocycles. The van der Waals surface area contributed by atoms with Crippen molar-refractivity contribution in [3.05, 3.63) is 64.7 Å². The van der Waals surface area contributed by atoms with Gasteiger partial charge in [-0.1, -0.05) is 48.9 Å². The standard InChI is InChI=1S/C19H22ClNO3/c1-14(19(22)23)11-21(2)12-15-6-5-8-17(10-15)24-13-16-7-3-4-9-18(16)20/h3-10,14H,11-13H2,1-2H3,(H,22,23). The number of benzene rings is 2. The maximum absolute atomic E-state index is 10.9. The van der Waals surface area contributed by atoms with E-state index in [0.717, 1.165) is 16.9 Å². The van der Waals surface area contributed by atoms with E-state index in [-0.39, 0.29) is 0 Å². The van der Waals surface area contributed by atoms with Crippen LogP contribution in [0.15, 0.2) is 48.5 Å². The van der Waals surface area contributed by atoms with E-state index in [1.54, 1.807) is 6.92 Å². The topological polar surface area (TPSA) is 49.8 Å². The number of rotatable bonds is 8. The molecular weight excluding hydrogens is 326 g/mol. The van der Waals surface area contributed by atoms with Gasteiger partial charge in [0, 0.05) is 23.7 Å². The molecule has 0 bridgehead atoms. The van der Waals surface area contributed by atoms with E-state index in [4.69, 9.17) is 21.4 Å². The molecule has 2 aromatic carbocycles. The number of carboxylic acids is 1. The zero-order chi connectivity index (χ0) is 17.5. The van der Waals surface area contributed by atoms with Gasteiger partial charge in [0.1, 0.15) is 12.4 Å².